The molecule has 0 atom stereocenters. The van der Waals surface area contributed by atoms with Gasteiger partial charge in [0.15, 0.2) is 23.1 Å². The summed E-state index contributed by atoms with van der Waals surface area (Å²) in [6, 6.07) is 1.18. The number of methoxy groups -OCH3 is 1. The highest BCUT2D eigenvalue weighted by Gasteiger charge is 2.24. The molecule has 1 aliphatic rings. The number of hydrogen-bond donors (Lipinski definition) is 1. The quantitative estimate of drug-likeness (QED) is 0.775. The zero-order valence-corrected chi connectivity index (χ0v) is 7.54. The molecule has 2 rings (SSSR count). The lowest BCUT2D eigenvalue weighted by Gasteiger charge is -2.09. The van der Waals surface area contributed by atoms with Crippen LogP contribution in [0.1, 0.15) is 5.56 Å². The van der Waals surface area contributed by atoms with Crippen molar-refractivity contribution in [3.05, 3.63) is 17.4 Å². The number of fused-ring (bicyclic) bond motifs is 1. The first kappa shape index (κ1) is 9.08. The number of rotatable bonds is 2. The lowest BCUT2D eigenvalue weighted by Crippen LogP contribution is -1.98. The average Bonchev–Trinajstić information content (AvgIpc) is 2.62. The number of benzene rings is 1. The van der Waals surface area contributed by atoms with E-state index in [2.05, 4.69) is 0 Å². The van der Waals surface area contributed by atoms with Gasteiger partial charge in [-0.25, -0.2) is 4.39 Å². The molecule has 4 nitrogen and oxygen atoms in total. The zero-order chi connectivity index (χ0) is 10.1. The van der Waals surface area contributed by atoms with E-state index in [1.54, 1.807) is 0 Å². The fraction of sp³-hybridized carbons (Fsp3) is 0.333. The molecule has 0 aliphatic carbocycles. The van der Waals surface area contributed by atoms with E-state index in [4.69, 9.17) is 19.3 Å². The van der Waals surface area contributed by atoms with E-state index < -0.39 is 5.82 Å². The molecule has 0 spiro atoms. The SMILES string of the molecule is COc1c(F)cc2c(c1CO)OCO2. The van der Waals surface area contributed by atoms with E-state index in [1.807, 2.05) is 0 Å². The van der Waals surface area contributed by atoms with Crippen LogP contribution in [0.15, 0.2) is 6.07 Å². The molecule has 1 aliphatic heterocycles. The molecule has 14 heavy (non-hydrogen) atoms. The van der Waals surface area contributed by atoms with Gasteiger partial charge in [0, 0.05) is 6.07 Å². The van der Waals surface area contributed by atoms with Crippen molar-refractivity contribution in [1.29, 1.82) is 0 Å². The first-order valence-electron chi connectivity index (χ1n) is 4.03. The lowest BCUT2D eigenvalue weighted by molar-refractivity contribution is 0.171. The van der Waals surface area contributed by atoms with Gasteiger partial charge in [0.2, 0.25) is 6.79 Å². The van der Waals surface area contributed by atoms with Gasteiger partial charge in [-0.15, -0.1) is 0 Å². The van der Waals surface area contributed by atoms with Gasteiger partial charge in [-0.3, -0.25) is 0 Å². The fourth-order valence-electron chi connectivity index (χ4n) is 1.42. The molecule has 76 valence electrons. The van der Waals surface area contributed by atoms with E-state index in [0.29, 0.717) is 11.5 Å². The Kier molecular flexibility index (Phi) is 2.17. The van der Waals surface area contributed by atoms with Crippen LogP contribution in [0, 0.1) is 5.82 Å². The van der Waals surface area contributed by atoms with Crippen LogP contribution in [-0.2, 0) is 6.61 Å². The normalized spacial score (nSPS) is 13.1. The highest BCUT2D eigenvalue weighted by Crippen LogP contribution is 2.42. The summed E-state index contributed by atoms with van der Waals surface area (Å²) in [6.45, 7) is -0.318. The second-order valence-corrected chi connectivity index (χ2v) is 2.76. The zero-order valence-electron chi connectivity index (χ0n) is 7.54. The summed E-state index contributed by atoms with van der Waals surface area (Å²) in [7, 11) is 1.33. The molecule has 0 saturated heterocycles. The summed E-state index contributed by atoms with van der Waals surface area (Å²) in [5, 5.41) is 9.06. The summed E-state index contributed by atoms with van der Waals surface area (Å²) in [5.74, 6) is 0.0793. The Morgan fingerprint density at radius 2 is 2.36 bits per heavy atom. The van der Waals surface area contributed by atoms with Crippen molar-refractivity contribution >= 4 is 0 Å². The molecule has 0 aromatic heterocycles. The monoisotopic (exact) mass is 200 g/mol. The maximum atomic E-state index is 13.3. The van der Waals surface area contributed by atoms with E-state index in [9.17, 15) is 4.39 Å². The molecule has 0 saturated carbocycles. The largest absolute Gasteiger partial charge is 0.493 e. The van der Waals surface area contributed by atoms with E-state index >= 15 is 0 Å². The second kappa shape index (κ2) is 3.34. The number of aliphatic hydroxyl groups excluding tert-OH is 1. The van der Waals surface area contributed by atoms with Crippen molar-refractivity contribution in [2.75, 3.05) is 13.9 Å². The van der Waals surface area contributed by atoms with Gasteiger partial charge in [0.25, 0.3) is 0 Å². The molecule has 1 heterocycles. The third-order valence-electron chi connectivity index (χ3n) is 2.03. The van der Waals surface area contributed by atoms with Crippen LogP contribution in [0.2, 0.25) is 0 Å². The van der Waals surface area contributed by atoms with Gasteiger partial charge in [-0.1, -0.05) is 0 Å². The first-order valence-corrected chi connectivity index (χ1v) is 4.03. The number of halogens is 1. The first-order chi connectivity index (χ1) is 6.77. The predicted octanol–water partition coefficient (Wildman–Crippen LogP) is 1.06. The average molecular weight is 200 g/mol. The van der Waals surface area contributed by atoms with Crippen LogP contribution in [-0.4, -0.2) is 19.0 Å². The minimum atomic E-state index is -0.569. The Morgan fingerprint density at radius 3 is 3.00 bits per heavy atom. The van der Waals surface area contributed by atoms with Gasteiger partial charge in [-0.2, -0.15) is 0 Å². The second-order valence-electron chi connectivity index (χ2n) is 2.76. The molecule has 1 N–H and O–H groups in total. The molecule has 5 heteroatoms. The molecule has 1 aromatic rings. The maximum Gasteiger partial charge on any atom is 0.231 e. The minimum absolute atomic E-state index is 0.00301. The summed E-state index contributed by atoms with van der Waals surface area (Å²) in [5.41, 5.74) is 0.278. The molecular weight excluding hydrogens is 191 g/mol. The van der Waals surface area contributed by atoms with E-state index in [0.717, 1.165) is 0 Å². The van der Waals surface area contributed by atoms with E-state index in [-0.39, 0.29) is 24.7 Å². The Labute approximate surface area is 79.8 Å². The minimum Gasteiger partial charge on any atom is -0.493 e. The molecule has 0 radical (unpaired) electrons. The van der Waals surface area contributed by atoms with Gasteiger partial charge in [0.1, 0.15) is 0 Å². The smallest absolute Gasteiger partial charge is 0.231 e. The standard InChI is InChI=1S/C9H9FO4/c1-12-8-5(3-11)9-7(2-6(8)10)13-4-14-9/h2,11H,3-4H2,1H3. The Hall–Kier alpha value is -1.49. The van der Waals surface area contributed by atoms with Gasteiger partial charge in [0.05, 0.1) is 19.3 Å². The van der Waals surface area contributed by atoms with Gasteiger partial charge in [-0.05, 0) is 0 Å². The van der Waals surface area contributed by atoms with Crippen molar-refractivity contribution in [3.63, 3.8) is 0 Å². The maximum absolute atomic E-state index is 13.3. The van der Waals surface area contributed by atoms with Crippen LogP contribution < -0.4 is 14.2 Å². The molecule has 1 aromatic carbocycles. The van der Waals surface area contributed by atoms with Crippen LogP contribution in [0.5, 0.6) is 17.2 Å². The van der Waals surface area contributed by atoms with Crippen molar-refractivity contribution in [1.82, 2.24) is 0 Å². The van der Waals surface area contributed by atoms with Crippen molar-refractivity contribution in [2.24, 2.45) is 0 Å². The number of hydrogen-bond acceptors (Lipinski definition) is 4. The van der Waals surface area contributed by atoms with Crippen LogP contribution >= 0.6 is 0 Å². The molecule has 0 amide bonds. The third kappa shape index (κ3) is 1.17. The molecule has 0 bridgehead atoms. The predicted molar refractivity (Wildman–Crippen MR) is 45.0 cm³/mol. The lowest BCUT2D eigenvalue weighted by atomic mass is 10.1. The van der Waals surface area contributed by atoms with Crippen LogP contribution in [0.25, 0.3) is 0 Å². The fourth-order valence-corrected chi connectivity index (χ4v) is 1.42. The van der Waals surface area contributed by atoms with Crippen molar-refractivity contribution in [3.8, 4) is 17.2 Å². The molecule has 0 fully saturated rings. The Bertz CT molecular complexity index is 361. The topological polar surface area (TPSA) is 47.9 Å². The van der Waals surface area contributed by atoms with Gasteiger partial charge >= 0.3 is 0 Å². The highest BCUT2D eigenvalue weighted by atomic mass is 19.1. The van der Waals surface area contributed by atoms with Crippen molar-refractivity contribution < 1.29 is 23.7 Å². The van der Waals surface area contributed by atoms with Crippen molar-refractivity contribution in [2.45, 2.75) is 6.61 Å². The van der Waals surface area contributed by atoms with Gasteiger partial charge < -0.3 is 19.3 Å². The summed E-state index contributed by atoms with van der Waals surface area (Å²) in [6.07, 6.45) is 0. The molecule has 0 unspecified atom stereocenters. The third-order valence-corrected chi connectivity index (χ3v) is 2.03. The number of aliphatic hydroxyl groups is 1. The van der Waals surface area contributed by atoms with E-state index in [1.165, 1.54) is 13.2 Å². The van der Waals surface area contributed by atoms with Crippen LogP contribution in [0.3, 0.4) is 0 Å². The molecular formula is C9H9FO4. The number of ether oxygens (including phenoxy) is 3. The Balaban J connectivity index is 2.62. The summed E-state index contributed by atoms with van der Waals surface area (Å²) < 4.78 is 28.2. The summed E-state index contributed by atoms with van der Waals surface area (Å²) in [4.78, 5) is 0. The highest BCUT2D eigenvalue weighted by molar-refractivity contribution is 5.55. The summed E-state index contributed by atoms with van der Waals surface area (Å²) >= 11 is 0. The Morgan fingerprint density at radius 1 is 1.57 bits per heavy atom. The van der Waals surface area contributed by atoms with Crippen LogP contribution in [0.4, 0.5) is 4.39 Å².